The van der Waals surface area contributed by atoms with E-state index in [1.165, 1.54) is 37.9 Å². The first-order valence-electron chi connectivity index (χ1n) is 6.69. The van der Waals surface area contributed by atoms with Crippen LogP contribution >= 0.6 is 12.4 Å². The molecule has 2 fully saturated rings. The van der Waals surface area contributed by atoms with Crippen molar-refractivity contribution in [2.24, 2.45) is 0 Å². The highest BCUT2D eigenvalue weighted by atomic mass is 35.5. The number of hydrogen-bond donors (Lipinski definition) is 1. The molecule has 1 aromatic rings. The van der Waals surface area contributed by atoms with Crippen LogP contribution in [0, 0.1) is 6.92 Å². The molecule has 2 saturated heterocycles. The third-order valence-corrected chi connectivity index (χ3v) is 3.99. The predicted molar refractivity (Wildman–Crippen MR) is 76.1 cm³/mol. The molecular weight excluding hydrogens is 246 g/mol. The molecule has 0 amide bonds. The van der Waals surface area contributed by atoms with Gasteiger partial charge in [-0.1, -0.05) is 6.07 Å². The summed E-state index contributed by atoms with van der Waals surface area (Å²) >= 11 is 0. The van der Waals surface area contributed by atoms with Crippen LogP contribution < -0.4 is 5.32 Å². The Balaban J connectivity index is 0.00000120. The molecule has 4 heteroatoms. The molecular formula is C14H22ClN3. The fourth-order valence-corrected chi connectivity index (χ4v) is 3.01. The summed E-state index contributed by atoms with van der Waals surface area (Å²) in [5.41, 5.74) is 2.44. The summed E-state index contributed by atoms with van der Waals surface area (Å²) in [5, 5.41) is 3.72. The van der Waals surface area contributed by atoms with E-state index in [1.807, 2.05) is 13.1 Å². The second kappa shape index (κ2) is 6.00. The minimum atomic E-state index is 0. The van der Waals surface area contributed by atoms with Gasteiger partial charge in [-0.05, 0) is 37.8 Å². The summed E-state index contributed by atoms with van der Waals surface area (Å²) in [6, 6.07) is 5.82. The fraction of sp³-hybridized carbons (Fsp3) is 0.643. The Bertz CT molecular complexity index is 379. The van der Waals surface area contributed by atoms with Gasteiger partial charge in [0, 0.05) is 43.6 Å². The third-order valence-electron chi connectivity index (χ3n) is 3.99. The van der Waals surface area contributed by atoms with E-state index < -0.39 is 0 Å². The number of likely N-dealkylation sites (tertiary alicyclic amines) is 1. The van der Waals surface area contributed by atoms with Crippen LogP contribution in [0.5, 0.6) is 0 Å². The zero-order chi connectivity index (χ0) is 11.7. The van der Waals surface area contributed by atoms with E-state index in [1.54, 1.807) is 0 Å². The van der Waals surface area contributed by atoms with Crippen LogP contribution in [-0.4, -0.2) is 35.1 Å². The molecule has 2 aliphatic rings. The van der Waals surface area contributed by atoms with Gasteiger partial charge >= 0.3 is 0 Å². The monoisotopic (exact) mass is 267 g/mol. The van der Waals surface area contributed by atoms with Crippen molar-refractivity contribution in [1.82, 2.24) is 15.2 Å². The molecule has 0 saturated carbocycles. The topological polar surface area (TPSA) is 28.2 Å². The van der Waals surface area contributed by atoms with Crippen LogP contribution in [0.15, 0.2) is 18.3 Å². The van der Waals surface area contributed by atoms with Crippen LogP contribution in [-0.2, 0) is 6.54 Å². The number of hydrogen-bond acceptors (Lipinski definition) is 3. The first-order chi connectivity index (χ1) is 8.29. The molecule has 18 heavy (non-hydrogen) atoms. The van der Waals surface area contributed by atoms with E-state index in [9.17, 15) is 0 Å². The number of aryl methyl sites for hydroxylation is 1. The maximum absolute atomic E-state index is 4.37. The fourth-order valence-electron chi connectivity index (χ4n) is 3.01. The molecule has 3 rings (SSSR count). The van der Waals surface area contributed by atoms with Crippen molar-refractivity contribution in [1.29, 1.82) is 0 Å². The summed E-state index contributed by atoms with van der Waals surface area (Å²) in [6.07, 6.45) is 6.06. The Morgan fingerprint density at radius 3 is 2.89 bits per heavy atom. The first kappa shape index (κ1) is 13.8. The van der Waals surface area contributed by atoms with E-state index in [2.05, 4.69) is 27.3 Å². The number of nitrogens with zero attached hydrogens (tertiary/aromatic N) is 2. The molecule has 1 aromatic heterocycles. The predicted octanol–water partition coefficient (Wildman–Crippen LogP) is 2.14. The lowest BCUT2D eigenvalue weighted by atomic mass is 10.1. The van der Waals surface area contributed by atoms with Crippen LogP contribution in [0.2, 0.25) is 0 Å². The van der Waals surface area contributed by atoms with Gasteiger partial charge in [0.2, 0.25) is 0 Å². The van der Waals surface area contributed by atoms with Crippen molar-refractivity contribution in [2.75, 3.05) is 13.1 Å². The summed E-state index contributed by atoms with van der Waals surface area (Å²) in [5.74, 6) is 0. The molecule has 0 aliphatic carbocycles. The molecule has 0 spiro atoms. The highest BCUT2D eigenvalue weighted by Crippen LogP contribution is 2.21. The van der Waals surface area contributed by atoms with E-state index in [-0.39, 0.29) is 12.4 Å². The maximum Gasteiger partial charge on any atom is 0.0372 e. The van der Waals surface area contributed by atoms with Gasteiger partial charge in [-0.2, -0.15) is 0 Å². The molecule has 0 aromatic carbocycles. The molecule has 2 aliphatic heterocycles. The molecule has 3 nitrogen and oxygen atoms in total. The van der Waals surface area contributed by atoms with Crippen molar-refractivity contribution in [3.05, 3.63) is 29.6 Å². The zero-order valence-corrected chi connectivity index (χ0v) is 11.7. The van der Waals surface area contributed by atoms with Crippen molar-refractivity contribution in [2.45, 2.75) is 44.8 Å². The van der Waals surface area contributed by atoms with Gasteiger partial charge in [0.1, 0.15) is 0 Å². The van der Waals surface area contributed by atoms with Gasteiger partial charge < -0.3 is 5.32 Å². The van der Waals surface area contributed by atoms with Crippen LogP contribution in [0.1, 0.15) is 30.5 Å². The van der Waals surface area contributed by atoms with Crippen LogP contribution in [0.3, 0.4) is 0 Å². The largest absolute Gasteiger partial charge is 0.310 e. The lowest BCUT2D eigenvalue weighted by Gasteiger charge is -2.23. The summed E-state index contributed by atoms with van der Waals surface area (Å²) < 4.78 is 0. The highest BCUT2D eigenvalue weighted by molar-refractivity contribution is 5.85. The highest BCUT2D eigenvalue weighted by Gasteiger charge is 2.28. The Kier molecular flexibility index (Phi) is 4.60. The number of fused-ring (bicyclic) bond motifs is 2. The quantitative estimate of drug-likeness (QED) is 0.890. The van der Waals surface area contributed by atoms with Crippen LogP contribution in [0.25, 0.3) is 0 Å². The van der Waals surface area contributed by atoms with Crippen molar-refractivity contribution in [3.63, 3.8) is 0 Å². The van der Waals surface area contributed by atoms with Gasteiger partial charge in [-0.15, -0.1) is 12.4 Å². The molecule has 2 bridgehead atoms. The number of aromatic nitrogens is 1. The summed E-state index contributed by atoms with van der Waals surface area (Å²) in [6.45, 7) is 5.52. The minimum absolute atomic E-state index is 0. The van der Waals surface area contributed by atoms with Crippen molar-refractivity contribution >= 4 is 12.4 Å². The first-order valence-corrected chi connectivity index (χ1v) is 6.69. The van der Waals surface area contributed by atoms with Gasteiger partial charge in [0.05, 0.1) is 0 Å². The number of rotatable bonds is 2. The van der Waals surface area contributed by atoms with Gasteiger partial charge in [0.25, 0.3) is 0 Å². The summed E-state index contributed by atoms with van der Waals surface area (Å²) in [4.78, 5) is 6.95. The minimum Gasteiger partial charge on any atom is -0.310 e. The Morgan fingerprint density at radius 1 is 1.28 bits per heavy atom. The van der Waals surface area contributed by atoms with E-state index >= 15 is 0 Å². The normalized spacial score (nSPS) is 27.6. The SMILES string of the molecule is Cc1ccc(CN2CCC3CCC(C2)N3)cn1.Cl. The standard InChI is InChI=1S/C14H21N3.ClH/c1-11-2-3-12(8-15-11)9-17-7-6-13-4-5-14(10-17)16-13;/h2-3,8,13-14,16H,4-7,9-10H2,1H3;1H. The molecule has 2 atom stereocenters. The molecule has 3 heterocycles. The Morgan fingerprint density at radius 2 is 2.11 bits per heavy atom. The third kappa shape index (κ3) is 3.22. The van der Waals surface area contributed by atoms with Gasteiger partial charge in [-0.3, -0.25) is 9.88 Å². The van der Waals surface area contributed by atoms with E-state index in [0.717, 1.165) is 24.3 Å². The smallest absolute Gasteiger partial charge is 0.0372 e. The second-order valence-electron chi connectivity index (χ2n) is 5.47. The average Bonchev–Trinajstić information content (AvgIpc) is 2.66. The van der Waals surface area contributed by atoms with E-state index in [0.29, 0.717) is 0 Å². The van der Waals surface area contributed by atoms with Crippen molar-refractivity contribution < 1.29 is 0 Å². The summed E-state index contributed by atoms with van der Waals surface area (Å²) in [7, 11) is 0. The number of nitrogens with one attached hydrogen (secondary N) is 1. The number of halogens is 1. The molecule has 1 N–H and O–H groups in total. The van der Waals surface area contributed by atoms with Crippen LogP contribution in [0.4, 0.5) is 0 Å². The van der Waals surface area contributed by atoms with E-state index in [4.69, 9.17) is 0 Å². The van der Waals surface area contributed by atoms with Gasteiger partial charge in [0.15, 0.2) is 0 Å². The zero-order valence-electron chi connectivity index (χ0n) is 10.9. The number of pyridine rings is 1. The molecule has 100 valence electrons. The lowest BCUT2D eigenvalue weighted by molar-refractivity contribution is 0.250. The maximum atomic E-state index is 4.37. The average molecular weight is 268 g/mol. The molecule has 2 unspecified atom stereocenters. The van der Waals surface area contributed by atoms with Gasteiger partial charge in [-0.25, -0.2) is 0 Å². The second-order valence-corrected chi connectivity index (χ2v) is 5.47. The Hall–Kier alpha value is -0.640. The molecule has 0 radical (unpaired) electrons. The van der Waals surface area contributed by atoms with Crippen molar-refractivity contribution in [3.8, 4) is 0 Å². The lowest BCUT2D eigenvalue weighted by Crippen LogP contribution is -2.34. The Labute approximate surface area is 115 Å².